The van der Waals surface area contributed by atoms with Gasteiger partial charge in [0.2, 0.25) is 11.0 Å². The molecule has 0 aliphatic heterocycles. The number of urea groups is 1. The Labute approximate surface area is 159 Å². The van der Waals surface area contributed by atoms with Crippen LogP contribution in [0.15, 0.2) is 54.6 Å². The average molecular weight is 383 g/mol. The van der Waals surface area contributed by atoms with Gasteiger partial charge in [-0.3, -0.25) is 10.1 Å². The van der Waals surface area contributed by atoms with E-state index in [1.165, 1.54) is 0 Å². The van der Waals surface area contributed by atoms with Gasteiger partial charge < -0.3 is 15.4 Å². The lowest BCUT2D eigenvalue weighted by atomic mass is 10.3. The maximum Gasteiger partial charge on any atom is 0.325 e. The molecule has 0 bridgehead atoms. The highest BCUT2D eigenvalue weighted by atomic mass is 32.1. The summed E-state index contributed by atoms with van der Waals surface area (Å²) in [7, 11) is 1.57. The molecule has 0 saturated carbocycles. The SMILES string of the molecule is COc1ccc(NC(=O)Nc2nnc(CC(=O)Nc3ccccc3)s2)cc1. The second kappa shape index (κ2) is 8.77. The Balaban J connectivity index is 1.50. The summed E-state index contributed by atoms with van der Waals surface area (Å²) in [5.74, 6) is 0.495. The Kier molecular flexibility index (Phi) is 5.95. The van der Waals surface area contributed by atoms with E-state index in [9.17, 15) is 9.59 Å². The number of hydrogen-bond acceptors (Lipinski definition) is 6. The zero-order valence-corrected chi connectivity index (χ0v) is 15.2. The van der Waals surface area contributed by atoms with Gasteiger partial charge in [0.05, 0.1) is 13.5 Å². The minimum absolute atomic E-state index is 0.0777. The molecule has 3 amide bonds. The van der Waals surface area contributed by atoms with Crippen molar-refractivity contribution in [2.24, 2.45) is 0 Å². The van der Waals surface area contributed by atoms with Crippen LogP contribution in [0.4, 0.5) is 21.3 Å². The Morgan fingerprint density at radius 1 is 0.926 bits per heavy atom. The molecular formula is C18H17N5O3S. The third-order valence-electron chi connectivity index (χ3n) is 3.40. The molecule has 27 heavy (non-hydrogen) atoms. The van der Waals surface area contributed by atoms with E-state index in [-0.39, 0.29) is 12.3 Å². The first-order valence-corrected chi connectivity index (χ1v) is 8.83. The lowest BCUT2D eigenvalue weighted by Crippen LogP contribution is -2.19. The summed E-state index contributed by atoms with van der Waals surface area (Å²) in [6.07, 6.45) is 0.0777. The Morgan fingerprint density at radius 3 is 2.33 bits per heavy atom. The number of ether oxygens (including phenoxy) is 1. The van der Waals surface area contributed by atoms with Gasteiger partial charge >= 0.3 is 6.03 Å². The number of carbonyl (C=O) groups excluding carboxylic acids is 2. The normalized spacial score (nSPS) is 10.1. The van der Waals surface area contributed by atoms with Crippen molar-refractivity contribution in [2.45, 2.75) is 6.42 Å². The van der Waals surface area contributed by atoms with Crippen LogP contribution in [0, 0.1) is 0 Å². The van der Waals surface area contributed by atoms with Gasteiger partial charge in [-0.2, -0.15) is 0 Å². The van der Waals surface area contributed by atoms with Crippen LogP contribution in [0.5, 0.6) is 5.75 Å². The molecule has 3 N–H and O–H groups in total. The van der Waals surface area contributed by atoms with E-state index >= 15 is 0 Å². The first-order valence-electron chi connectivity index (χ1n) is 8.02. The summed E-state index contributed by atoms with van der Waals surface area (Å²) in [4.78, 5) is 24.0. The molecular weight excluding hydrogens is 366 g/mol. The highest BCUT2D eigenvalue weighted by Crippen LogP contribution is 2.18. The smallest absolute Gasteiger partial charge is 0.325 e. The third kappa shape index (κ3) is 5.51. The quantitative estimate of drug-likeness (QED) is 0.605. The van der Waals surface area contributed by atoms with E-state index in [0.717, 1.165) is 11.3 Å². The molecule has 1 aromatic heterocycles. The van der Waals surface area contributed by atoms with Gasteiger partial charge in [-0.05, 0) is 36.4 Å². The Morgan fingerprint density at radius 2 is 1.63 bits per heavy atom. The van der Waals surface area contributed by atoms with Crippen molar-refractivity contribution >= 4 is 39.8 Å². The van der Waals surface area contributed by atoms with Crippen LogP contribution in [0.25, 0.3) is 0 Å². The monoisotopic (exact) mass is 383 g/mol. The number of aromatic nitrogens is 2. The Hall–Kier alpha value is -3.46. The number of nitrogens with one attached hydrogen (secondary N) is 3. The summed E-state index contributed by atoms with van der Waals surface area (Å²) in [5.41, 5.74) is 1.32. The molecule has 0 aliphatic carbocycles. The molecule has 3 rings (SSSR count). The van der Waals surface area contributed by atoms with Crippen molar-refractivity contribution in [3.8, 4) is 5.75 Å². The highest BCUT2D eigenvalue weighted by molar-refractivity contribution is 7.15. The summed E-state index contributed by atoms with van der Waals surface area (Å²) in [6, 6.07) is 15.6. The fraction of sp³-hybridized carbons (Fsp3) is 0.111. The van der Waals surface area contributed by atoms with E-state index in [0.29, 0.717) is 27.3 Å². The lowest BCUT2D eigenvalue weighted by molar-refractivity contribution is -0.115. The minimum atomic E-state index is -0.448. The standard InChI is InChI=1S/C18H17N5O3S/c1-26-14-9-7-13(8-10-14)20-17(25)21-18-23-22-16(27-18)11-15(24)19-12-5-3-2-4-6-12/h2-10H,11H2,1H3,(H,19,24)(H2,20,21,23,25). The zero-order chi connectivity index (χ0) is 19.1. The summed E-state index contributed by atoms with van der Waals surface area (Å²) in [6.45, 7) is 0. The molecule has 0 aliphatic rings. The lowest BCUT2D eigenvalue weighted by Gasteiger charge is -2.06. The third-order valence-corrected chi connectivity index (χ3v) is 4.24. The van der Waals surface area contributed by atoms with Crippen molar-refractivity contribution < 1.29 is 14.3 Å². The number of hydrogen-bond donors (Lipinski definition) is 3. The van der Waals surface area contributed by atoms with Crippen LogP contribution in [0.3, 0.4) is 0 Å². The highest BCUT2D eigenvalue weighted by Gasteiger charge is 2.12. The first-order chi connectivity index (χ1) is 13.1. The van der Waals surface area contributed by atoms with E-state index in [1.807, 2.05) is 18.2 Å². The number of amides is 3. The number of carbonyl (C=O) groups is 2. The van der Waals surface area contributed by atoms with Gasteiger partial charge in [0.1, 0.15) is 10.8 Å². The molecule has 2 aromatic carbocycles. The van der Waals surface area contributed by atoms with Crippen LogP contribution in [-0.4, -0.2) is 29.2 Å². The van der Waals surface area contributed by atoms with Crippen LogP contribution in [-0.2, 0) is 11.2 Å². The molecule has 0 fully saturated rings. The first kappa shape index (κ1) is 18.3. The predicted octanol–water partition coefficient (Wildman–Crippen LogP) is 3.37. The van der Waals surface area contributed by atoms with E-state index < -0.39 is 6.03 Å². The van der Waals surface area contributed by atoms with Crippen LogP contribution >= 0.6 is 11.3 Å². The van der Waals surface area contributed by atoms with E-state index in [1.54, 1.807) is 43.5 Å². The Bertz CT molecular complexity index is 912. The van der Waals surface area contributed by atoms with Crippen molar-refractivity contribution in [3.63, 3.8) is 0 Å². The topological polar surface area (TPSA) is 105 Å². The zero-order valence-electron chi connectivity index (χ0n) is 14.4. The fourth-order valence-electron chi connectivity index (χ4n) is 2.17. The average Bonchev–Trinajstić information content (AvgIpc) is 3.09. The molecule has 3 aromatic rings. The van der Waals surface area contributed by atoms with Crippen LogP contribution in [0.2, 0.25) is 0 Å². The molecule has 0 atom stereocenters. The van der Waals surface area contributed by atoms with Gasteiger partial charge in [-0.1, -0.05) is 29.5 Å². The number of rotatable bonds is 6. The molecule has 1 heterocycles. The maximum absolute atomic E-state index is 12.0. The number of anilines is 3. The van der Waals surface area contributed by atoms with Crippen molar-refractivity contribution in [3.05, 3.63) is 59.6 Å². The van der Waals surface area contributed by atoms with E-state index in [4.69, 9.17) is 4.74 Å². The fourth-order valence-corrected chi connectivity index (χ4v) is 2.91. The number of para-hydroxylation sites is 1. The molecule has 0 spiro atoms. The molecule has 138 valence electrons. The second-order valence-corrected chi connectivity index (χ2v) is 6.46. The van der Waals surface area contributed by atoms with Gasteiger partial charge in [0.25, 0.3) is 0 Å². The van der Waals surface area contributed by atoms with Gasteiger partial charge in [-0.25, -0.2) is 4.79 Å². The summed E-state index contributed by atoms with van der Waals surface area (Å²) in [5, 5.41) is 16.7. The van der Waals surface area contributed by atoms with Gasteiger partial charge in [0.15, 0.2) is 0 Å². The maximum atomic E-state index is 12.0. The largest absolute Gasteiger partial charge is 0.497 e. The summed E-state index contributed by atoms with van der Waals surface area (Å²) >= 11 is 1.14. The summed E-state index contributed by atoms with van der Waals surface area (Å²) < 4.78 is 5.06. The van der Waals surface area contributed by atoms with Crippen LogP contribution in [0.1, 0.15) is 5.01 Å². The molecule has 0 saturated heterocycles. The van der Waals surface area contributed by atoms with Crippen molar-refractivity contribution in [1.82, 2.24) is 10.2 Å². The van der Waals surface area contributed by atoms with Gasteiger partial charge in [-0.15, -0.1) is 10.2 Å². The predicted molar refractivity (Wildman–Crippen MR) is 104 cm³/mol. The number of methoxy groups -OCH3 is 1. The molecule has 8 nitrogen and oxygen atoms in total. The van der Waals surface area contributed by atoms with Crippen molar-refractivity contribution in [2.75, 3.05) is 23.1 Å². The number of nitrogens with zero attached hydrogens (tertiary/aromatic N) is 2. The minimum Gasteiger partial charge on any atom is -0.497 e. The van der Waals surface area contributed by atoms with Crippen molar-refractivity contribution in [1.29, 1.82) is 0 Å². The van der Waals surface area contributed by atoms with Gasteiger partial charge in [0, 0.05) is 11.4 Å². The second-order valence-electron chi connectivity index (χ2n) is 5.40. The molecule has 0 radical (unpaired) electrons. The molecule has 0 unspecified atom stereocenters. The molecule has 9 heteroatoms. The van der Waals surface area contributed by atoms with E-state index in [2.05, 4.69) is 26.1 Å². The van der Waals surface area contributed by atoms with Crippen LogP contribution < -0.4 is 20.7 Å². The number of benzene rings is 2.